The summed E-state index contributed by atoms with van der Waals surface area (Å²) in [6.07, 6.45) is 5.59. The second-order valence-corrected chi connectivity index (χ2v) is 5.81. The van der Waals surface area contributed by atoms with E-state index in [1.54, 1.807) is 0 Å². The third-order valence-corrected chi connectivity index (χ3v) is 4.87. The van der Waals surface area contributed by atoms with Gasteiger partial charge in [0.05, 0.1) is 0 Å². The summed E-state index contributed by atoms with van der Waals surface area (Å²) in [5, 5.41) is 3.79. The predicted molar refractivity (Wildman–Crippen MR) is 75.6 cm³/mol. The van der Waals surface area contributed by atoms with Gasteiger partial charge in [0, 0.05) is 24.7 Å². The molecule has 2 fully saturated rings. The second-order valence-electron chi connectivity index (χ2n) is 5.81. The molecule has 2 aliphatic rings. The Morgan fingerprint density at radius 3 is 2.61 bits per heavy atom. The van der Waals surface area contributed by atoms with Gasteiger partial charge in [0.2, 0.25) is 0 Å². The van der Waals surface area contributed by atoms with E-state index >= 15 is 0 Å². The van der Waals surface area contributed by atoms with Gasteiger partial charge in [-0.25, -0.2) is 0 Å². The minimum Gasteiger partial charge on any atom is -0.307 e. The van der Waals surface area contributed by atoms with E-state index in [0.29, 0.717) is 11.6 Å². The zero-order valence-corrected chi connectivity index (χ0v) is 11.4. The van der Waals surface area contributed by atoms with Crippen LogP contribution in [0.25, 0.3) is 0 Å². The highest BCUT2D eigenvalue weighted by Crippen LogP contribution is 2.38. The lowest BCUT2D eigenvalue weighted by Crippen LogP contribution is -2.60. The van der Waals surface area contributed by atoms with Crippen LogP contribution in [0.4, 0.5) is 0 Å². The fraction of sp³-hybridized carbons (Fsp3) is 0.625. The van der Waals surface area contributed by atoms with E-state index in [1.807, 2.05) is 0 Å². The molecule has 0 aromatic heterocycles. The van der Waals surface area contributed by atoms with Crippen LogP contribution in [0, 0.1) is 0 Å². The van der Waals surface area contributed by atoms with Crippen molar-refractivity contribution in [2.24, 2.45) is 0 Å². The van der Waals surface area contributed by atoms with Gasteiger partial charge < -0.3 is 5.32 Å². The summed E-state index contributed by atoms with van der Waals surface area (Å²) in [4.78, 5) is 2.73. The van der Waals surface area contributed by atoms with Gasteiger partial charge in [-0.1, -0.05) is 50.1 Å². The molecule has 2 nitrogen and oxygen atoms in total. The van der Waals surface area contributed by atoms with E-state index in [1.165, 1.54) is 50.9 Å². The maximum atomic E-state index is 3.79. The van der Waals surface area contributed by atoms with Crippen molar-refractivity contribution in [3.05, 3.63) is 35.9 Å². The Balaban J connectivity index is 1.76. The summed E-state index contributed by atoms with van der Waals surface area (Å²) < 4.78 is 0. The van der Waals surface area contributed by atoms with E-state index in [4.69, 9.17) is 0 Å². The number of benzene rings is 1. The molecule has 1 atom stereocenters. The van der Waals surface area contributed by atoms with Crippen LogP contribution in [-0.4, -0.2) is 30.1 Å². The lowest BCUT2D eigenvalue weighted by Gasteiger charge is -2.48. The lowest BCUT2D eigenvalue weighted by molar-refractivity contribution is 0.0479. The van der Waals surface area contributed by atoms with Crippen molar-refractivity contribution >= 4 is 0 Å². The minimum atomic E-state index is 0.472. The van der Waals surface area contributed by atoms with E-state index in [0.717, 1.165) is 0 Å². The molecule has 3 rings (SSSR count). The average molecular weight is 244 g/mol. The standard InChI is InChI=1S/C16H24N2/c1-2-18-12-15(14-8-4-3-5-9-14)17-13-16(18)10-6-7-11-16/h3-5,8-9,15,17H,2,6-7,10-13H2,1H3. The van der Waals surface area contributed by atoms with Crippen LogP contribution in [0.5, 0.6) is 0 Å². The smallest absolute Gasteiger partial charge is 0.0450 e. The maximum absolute atomic E-state index is 3.79. The molecule has 1 aliphatic heterocycles. The van der Waals surface area contributed by atoms with Crippen LogP contribution in [-0.2, 0) is 0 Å². The second kappa shape index (κ2) is 5.02. The molecule has 1 aromatic rings. The molecule has 0 amide bonds. The number of likely N-dealkylation sites (N-methyl/N-ethyl adjacent to an activating group) is 1. The van der Waals surface area contributed by atoms with Crippen molar-refractivity contribution in [1.82, 2.24) is 10.2 Å². The molecule has 1 heterocycles. The zero-order valence-electron chi connectivity index (χ0n) is 11.4. The van der Waals surface area contributed by atoms with Crippen molar-refractivity contribution in [1.29, 1.82) is 0 Å². The summed E-state index contributed by atoms with van der Waals surface area (Å²) in [6, 6.07) is 11.4. The topological polar surface area (TPSA) is 15.3 Å². The van der Waals surface area contributed by atoms with Crippen molar-refractivity contribution in [3.63, 3.8) is 0 Å². The van der Waals surface area contributed by atoms with Crippen LogP contribution < -0.4 is 5.32 Å². The van der Waals surface area contributed by atoms with Crippen molar-refractivity contribution in [2.75, 3.05) is 19.6 Å². The highest BCUT2D eigenvalue weighted by atomic mass is 15.3. The Hall–Kier alpha value is -0.860. The first-order chi connectivity index (χ1) is 8.84. The van der Waals surface area contributed by atoms with Gasteiger partial charge in [-0.05, 0) is 24.9 Å². The largest absolute Gasteiger partial charge is 0.307 e. The normalized spacial score (nSPS) is 27.7. The van der Waals surface area contributed by atoms with Crippen LogP contribution in [0.3, 0.4) is 0 Å². The number of hydrogen-bond donors (Lipinski definition) is 1. The molecule has 1 aromatic carbocycles. The SMILES string of the molecule is CCN1CC(c2ccccc2)NCC12CCCC2. The average Bonchev–Trinajstić information content (AvgIpc) is 2.90. The third kappa shape index (κ3) is 2.08. The maximum Gasteiger partial charge on any atom is 0.0450 e. The summed E-state index contributed by atoms with van der Waals surface area (Å²) >= 11 is 0. The monoisotopic (exact) mass is 244 g/mol. The third-order valence-electron chi connectivity index (χ3n) is 4.87. The molecule has 98 valence electrons. The molecule has 0 radical (unpaired) electrons. The molecule has 1 N–H and O–H groups in total. The van der Waals surface area contributed by atoms with Crippen LogP contribution in [0.2, 0.25) is 0 Å². The Morgan fingerprint density at radius 2 is 1.94 bits per heavy atom. The van der Waals surface area contributed by atoms with E-state index in [-0.39, 0.29) is 0 Å². The summed E-state index contributed by atoms with van der Waals surface area (Å²) in [6.45, 7) is 5.83. The van der Waals surface area contributed by atoms with Gasteiger partial charge in [0.1, 0.15) is 0 Å². The highest BCUT2D eigenvalue weighted by molar-refractivity contribution is 5.21. The minimum absolute atomic E-state index is 0.472. The van der Waals surface area contributed by atoms with Gasteiger partial charge >= 0.3 is 0 Å². The van der Waals surface area contributed by atoms with E-state index < -0.39 is 0 Å². The lowest BCUT2D eigenvalue weighted by atomic mass is 9.89. The molecule has 18 heavy (non-hydrogen) atoms. The highest BCUT2D eigenvalue weighted by Gasteiger charge is 2.42. The predicted octanol–water partition coefficient (Wildman–Crippen LogP) is 2.97. The molecule has 1 saturated heterocycles. The van der Waals surface area contributed by atoms with E-state index in [9.17, 15) is 0 Å². The number of hydrogen-bond acceptors (Lipinski definition) is 2. The fourth-order valence-corrected chi connectivity index (χ4v) is 3.80. The quantitative estimate of drug-likeness (QED) is 0.860. The zero-order chi connectivity index (χ0) is 12.4. The first-order valence-electron chi connectivity index (χ1n) is 7.37. The Labute approximate surface area is 110 Å². The number of nitrogens with zero attached hydrogens (tertiary/aromatic N) is 1. The molecule has 0 bridgehead atoms. The summed E-state index contributed by atoms with van der Waals surface area (Å²) in [7, 11) is 0. The molecule has 2 heteroatoms. The molecule has 1 saturated carbocycles. The molecule has 1 aliphatic carbocycles. The van der Waals surface area contributed by atoms with E-state index in [2.05, 4.69) is 47.5 Å². The van der Waals surface area contributed by atoms with Gasteiger partial charge in [-0.3, -0.25) is 4.90 Å². The number of nitrogens with one attached hydrogen (secondary N) is 1. The molecular weight excluding hydrogens is 220 g/mol. The van der Waals surface area contributed by atoms with Crippen molar-refractivity contribution < 1.29 is 0 Å². The Bertz CT molecular complexity index is 381. The Kier molecular flexibility index (Phi) is 3.40. The molecular formula is C16H24N2. The first kappa shape index (κ1) is 12.2. The van der Waals surface area contributed by atoms with Gasteiger partial charge in [0.25, 0.3) is 0 Å². The van der Waals surface area contributed by atoms with Crippen molar-refractivity contribution in [3.8, 4) is 0 Å². The fourth-order valence-electron chi connectivity index (χ4n) is 3.80. The van der Waals surface area contributed by atoms with Crippen molar-refractivity contribution in [2.45, 2.75) is 44.2 Å². The summed E-state index contributed by atoms with van der Waals surface area (Å²) in [5.41, 5.74) is 1.91. The van der Waals surface area contributed by atoms with Crippen LogP contribution >= 0.6 is 0 Å². The first-order valence-corrected chi connectivity index (χ1v) is 7.37. The number of rotatable bonds is 2. The molecule has 1 unspecified atom stereocenters. The summed E-state index contributed by atoms with van der Waals surface area (Å²) in [5.74, 6) is 0. The van der Waals surface area contributed by atoms with Crippen LogP contribution in [0.15, 0.2) is 30.3 Å². The van der Waals surface area contributed by atoms with Gasteiger partial charge in [-0.15, -0.1) is 0 Å². The Morgan fingerprint density at radius 1 is 1.22 bits per heavy atom. The number of piperazine rings is 1. The van der Waals surface area contributed by atoms with Crippen LogP contribution in [0.1, 0.15) is 44.2 Å². The van der Waals surface area contributed by atoms with Gasteiger partial charge in [-0.2, -0.15) is 0 Å². The molecule has 1 spiro atoms. The van der Waals surface area contributed by atoms with Gasteiger partial charge in [0.15, 0.2) is 0 Å².